The van der Waals surface area contributed by atoms with Gasteiger partial charge in [-0.15, -0.1) is 0 Å². The van der Waals surface area contributed by atoms with Gasteiger partial charge in [0, 0.05) is 55.9 Å². The molecule has 8 nitrogen and oxygen atoms in total. The fraction of sp³-hybridized carbons (Fsp3) is 0.567. The number of methoxy groups -OCH3 is 1. The van der Waals surface area contributed by atoms with Crippen LogP contribution in [0.4, 0.5) is 10.6 Å². The van der Waals surface area contributed by atoms with Crippen molar-refractivity contribution in [2.45, 2.75) is 71.1 Å². The Kier molecular flexibility index (Phi) is 8.14. The molecule has 0 N–H and O–H groups in total. The van der Waals surface area contributed by atoms with E-state index in [1.165, 1.54) is 5.56 Å². The lowest BCUT2D eigenvalue weighted by Crippen LogP contribution is -2.62. The van der Waals surface area contributed by atoms with Crippen LogP contribution >= 0.6 is 0 Å². The van der Waals surface area contributed by atoms with E-state index < -0.39 is 5.60 Å². The molecule has 0 radical (unpaired) electrons. The fourth-order valence-corrected chi connectivity index (χ4v) is 5.37. The van der Waals surface area contributed by atoms with Gasteiger partial charge in [-0.05, 0) is 39.3 Å². The summed E-state index contributed by atoms with van der Waals surface area (Å²) in [5, 5.41) is 0. The highest BCUT2D eigenvalue weighted by molar-refractivity contribution is 5.96. The summed E-state index contributed by atoms with van der Waals surface area (Å²) < 4.78 is 11.1. The van der Waals surface area contributed by atoms with E-state index in [4.69, 9.17) is 14.5 Å². The second-order valence-electron chi connectivity index (χ2n) is 12.2. The molecule has 2 atom stereocenters. The highest BCUT2D eigenvalue weighted by atomic mass is 16.6. The van der Waals surface area contributed by atoms with Crippen molar-refractivity contribution < 1.29 is 19.1 Å². The smallest absolute Gasteiger partial charge is 0.410 e. The molecule has 2 amide bonds. The van der Waals surface area contributed by atoms with Gasteiger partial charge in [0.05, 0.1) is 19.2 Å². The molecule has 2 aromatic rings. The molecule has 38 heavy (non-hydrogen) atoms. The number of carbonyl (C=O) groups excluding carboxylic acids is 2. The van der Waals surface area contributed by atoms with Crippen LogP contribution in [0.15, 0.2) is 42.5 Å². The summed E-state index contributed by atoms with van der Waals surface area (Å²) in [7, 11) is 1.65. The van der Waals surface area contributed by atoms with Gasteiger partial charge < -0.3 is 14.4 Å². The van der Waals surface area contributed by atoms with E-state index in [2.05, 4.69) is 43.0 Å². The van der Waals surface area contributed by atoms with Crippen LogP contribution in [0.25, 0.3) is 0 Å². The Morgan fingerprint density at radius 2 is 1.79 bits per heavy atom. The first-order valence-electron chi connectivity index (χ1n) is 13.5. The number of pyridine rings is 1. The number of fused-ring (bicyclic) bond motifs is 1. The van der Waals surface area contributed by atoms with Gasteiger partial charge in [-0.2, -0.15) is 0 Å². The molecule has 0 bridgehead atoms. The van der Waals surface area contributed by atoms with Crippen LogP contribution in [0, 0.1) is 0 Å². The van der Waals surface area contributed by atoms with Crippen LogP contribution in [-0.2, 0) is 26.1 Å². The van der Waals surface area contributed by atoms with E-state index in [0.717, 1.165) is 23.5 Å². The second kappa shape index (κ2) is 11.0. The van der Waals surface area contributed by atoms with E-state index in [0.29, 0.717) is 26.2 Å². The van der Waals surface area contributed by atoms with Crippen molar-refractivity contribution in [3.05, 3.63) is 59.3 Å². The molecule has 1 saturated heterocycles. The zero-order valence-electron chi connectivity index (χ0n) is 23.9. The van der Waals surface area contributed by atoms with Crippen LogP contribution in [0.3, 0.4) is 0 Å². The molecule has 0 spiro atoms. The minimum absolute atomic E-state index is 0.0141. The van der Waals surface area contributed by atoms with Crippen molar-refractivity contribution in [3.63, 3.8) is 0 Å². The minimum atomic E-state index is -0.566. The Balaban J connectivity index is 1.51. The van der Waals surface area contributed by atoms with Crippen LogP contribution in [-0.4, -0.2) is 84.4 Å². The Hall–Kier alpha value is -2.97. The van der Waals surface area contributed by atoms with Crippen molar-refractivity contribution in [2.24, 2.45) is 0 Å². The van der Waals surface area contributed by atoms with Gasteiger partial charge >= 0.3 is 6.09 Å². The predicted molar refractivity (Wildman–Crippen MR) is 149 cm³/mol. The third-order valence-electron chi connectivity index (χ3n) is 7.28. The van der Waals surface area contributed by atoms with Crippen molar-refractivity contribution >= 4 is 17.8 Å². The van der Waals surface area contributed by atoms with E-state index >= 15 is 0 Å². The van der Waals surface area contributed by atoms with Gasteiger partial charge in [0.1, 0.15) is 11.4 Å². The number of anilines is 1. The predicted octanol–water partition coefficient (Wildman–Crippen LogP) is 4.25. The standard InChI is InChI=1S/C30H42N4O4/c1-21-16-32(24(19-37-7)17-33(21)28(36)38-29(2,3)4)18-26(35)34-20-30(5,6)25-14-13-23(31-27(25)34)15-22-11-9-8-10-12-22/h8-14,21,24H,15-20H2,1-7H3/t21-,24?/m1/s1. The second-order valence-corrected chi connectivity index (χ2v) is 12.2. The SMILES string of the molecule is COCC1CN(C(=O)OC(C)(C)C)[C@H](C)CN1CC(=O)N1CC(C)(C)c2ccc(Cc3ccccc3)nc21. The number of aromatic nitrogens is 1. The quantitative estimate of drug-likeness (QED) is 0.565. The Morgan fingerprint density at radius 3 is 2.45 bits per heavy atom. The molecule has 1 aromatic heterocycles. The molecule has 8 heteroatoms. The highest BCUT2D eigenvalue weighted by Crippen LogP contribution is 2.39. The van der Waals surface area contributed by atoms with Crippen molar-refractivity contribution in [1.29, 1.82) is 0 Å². The molecule has 0 aliphatic carbocycles. The van der Waals surface area contributed by atoms with Gasteiger partial charge in [-0.3, -0.25) is 14.6 Å². The first-order chi connectivity index (χ1) is 17.9. The molecular weight excluding hydrogens is 480 g/mol. The molecule has 1 unspecified atom stereocenters. The van der Waals surface area contributed by atoms with E-state index in [9.17, 15) is 9.59 Å². The molecule has 2 aliphatic heterocycles. The summed E-state index contributed by atoms with van der Waals surface area (Å²) in [5.41, 5.74) is 2.48. The van der Waals surface area contributed by atoms with E-state index in [-0.39, 0.29) is 36.0 Å². The number of carbonyl (C=O) groups is 2. The van der Waals surface area contributed by atoms with Crippen LogP contribution < -0.4 is 4.90 Å². The van der Waals surface area contributed by atoms with Gasteiger partial charge in [-0.25, -0.2) is 9.78 Å². The number of hydrogen-bond donors (Lipinski definition) is 0. The molecular formula is C30H42N4O4. The van der Waals surface area contributed by atoms with Gasteiger partial charge in [0.25, 0.3) is 0 Å². The number of hydrogen-bond acceptors (Lipinski definition) is 6. The molecule has 1 fully saturated rings. The average Bonchev–Trinajstić information content (AvgIpc) is 3.10. The van der Waals surface area contributed by atoms with Crippen molar-refractivity contribution in [3.8, 4) is 0 Å². The van der Waals surface area contributed by atoms with Crippen molar-refractivity contribution in [1.82, 2.24) is 14.8 Å². The molecule has 0 saturated carbocycles. The molecule has 2 aliphatic rings. The maximum Gasteiger partial charge on any atom is 0.410 e. The molecule has 4 rings (SSSR count). The van der Waals surface area contributed by atoms with Crippen molar-refractivity contribution in [2.75, 3.05) is 44.8 Å². The summed E-state index contributed by atoms with van der Waals surface area (Å²) in [6.45, 7) is 14.2. The number of nitrogens with zero attached hydrogens (tertiary/aromatic N) is 4. The van der Waals surface area contributed by atoms with E-state index in [1.54, 1.807) is 12.0 Å². The largest absolute Gasteiger partial charge is 0.444 e. The molecule has 1 aromatic carbocycles. The number of amides is 2. The van der Waals surface area contributed by atoms with Crippen LogP contribution in [0.5, 0.6) is 0 Å². The Bertz CT molecular complexity index is 1140. The Labute approximate surface area is 226 Å². The summed E-state index contributed by atoms with van der Waals surface area (Å²) in [6.07, 6.45) is 0.388. The lowest BCUT2D eigenvalue weighted by atomic mass is 9.88. The van der Waals surface area contributed by atoms with Gasteiger partial charge in [0.2, 0.25) is 5.91 Å². The molecule has 3 heterocycles. The topological polar surface area (TPSA) is 75.2 Å². The first-order valence-corrected chi connectivity index (χ1v) is 13.5. The van der Waals surface area contributed by atoms with Crippen LogP contribution in [0.2, 0.25) is 0 Å². The fourth-order valence-electron chi connectivity index (χ4n) is 5.37. The number of piperazine rings is 1. The zero-order valence-corrected chi connectivity index (χ0v) is 23.9. The summed E-state index contributed by atoms with van der Waals surface area (Å²) >= 11 is 0. The third-order valence-corrected chi connectivity index (χ3v) is 7.28. The maximum absolute atomic E-state index is 13.8. The summed E-state index contributed by atoms with van der Waals surface area (Å²) in [4.78, 5) is 37.3. The third kappa shape index (κ3) is 6.35. The minimum Gasteiger partial charge on any atom is -0.444 e. The highest BCUT2D eigenvalue weighted by Gasteiger charge is 2.42. The summed E-state index contributed by atoms with van der Waals surface area (Å²) in [6, 6.07) is 14.3. The number of benzene rings is 1. The first kappa shape index (κ1) is 28.0. The number of ether oxygens (including phenoxy) is 2. The van der Waals surface area contributed by atoms with E-state index in [1.807, 2.05) is 50.8 Å². The molecule has 206 valence electrons. The monoisotopic (exact) mass is 522 g/mol. The average molecular weight is 523 g/mol. The van der Waals surface area contributed by atoms with Gasteiger partial charge in [0.15, 0.2) is 0 Å². The number of rotatable bonds is 6. The lowest BCUT2D eigenvalue weighted by Gasteiger charge is -2.45. The summed E-state index contributed by atoms with van der Waals surface area (Å²) in [5.74, 6) is 0.775. The normalized spacial score (nSPS) is 21.3. The lowest BCUT2D eigenvalue weighted by molar-refractivity contribution is -0.121. The van der Waals surface area contributed by atoms with Crippen LogP contribution in [0.1, 0.15) is 58.4 Å². The van der Waals surface area contributed by atoms with Gasteiger partial charge in [-0.1, -0.05) is 50.2 Å². The maximum atomic E-state index is 13.8. The zero-order chi connectivity index (χ0) is 27.7. The Morgan fingerprint density at radius 1 is 1.08 bits per heavy atom.